The molecule has 1 aromatic heterocycles. The third-order valence-corrected chi connectivity index (χ3v) is 3.12. The fourth-order valence-corrected chi connectivity index (χ4v) is 2.08. The Labute approximate surface area is 108 Å². The average molecular weight is 267 g/mol. The second-order valence-electron chi connectivity index (χ2n) is 3.53. The minimum Gasteiger partial charge on any atom is -0.478 e. The maximum atomic E-state index is 11.6. The summed E-state index contributed by atoms with van der Waals surface area (Å²) in [6.45, 7) is 1.86. The van der Waals surface area contributed by atoms with Crippen LogP contribution < -0.4 is 10.6 Å². The SMILES string of the molecule is CCC(CC#N)NC(=O)Nc1sccc1C(=O)O. The van der Waals surface area contributed by atoms with Crippen LogP contribution in [-0.4, -0.2) is 23.1 Å². The largest absolute Gasteiger partial charge is 0.478 e. The fraction of sp³-hybridized carbons (Fsp3) is 0.364. The van der Waals surface area contributed by atoms with Crippen LogP contribution in [0.5, 0.6) is 0 Å². The van der Waals surface area contributed by atoms with Crippen LogP contribution in [0.15, 0.2) is 11.4 Å². The molecule has 0 aliphatic carbocycles. The van der Waals surface area contributed by atoms with Crippen molar-refractivity contribution in [3.63, 3.8) is 0 Å². The van der Waals surface area contributed by atoms with Gasteiger partial charge in [-0.2, -0.15) is 5.26 Å². The molecule has 0 bridgehead atoms. The number of carbonyl (C=O) groups is 2. The Morgan fingerprint density at radius 2 is 2.33 bits per heavy atom. The summed E-state index contributed by atoms with van der Waals surface area (Å²) >= 11 is 1.14. The van der Waals surface area contributed by atoms with Gasteiger partial charge >= 0.3 is 12.0 Å². The lowest BCUT2D eigenvalue weighted by Gasteiger charge is -2.13. The molecule has 1 aromatic rings. The van der Waals surface area contributed by atoms with Crippen LogP contribution >= 0.6 is 11.3 Å². The van der Waals surface area contributed by atoms with Gasteiger partial charge in [0.05, 0.1) is 18.1 Å². The van der Waals surface area contributed by atoms with Crippen LogP contribution in [0.2, 0.25) is 0 Å². The van der Waals surface area contributed by atoms with E-state index in [0.717, 1.165) is 11.3 Å². The van der Waals surface area contributed by atoms with Gasteiger partial charge in [-0.05, 0) is 17.9 Å². The molecule has 0 saturated heterocycles. The van der Waals surface area contributed by atoms with E-state index in [4.69, 9.17) is 10.4 Å². The Hall–Kier alpha value is -2.07. The molecule has 7 heteroatoms. The van der Waals surface area contributed by atoms with E-state index < -0.39 is 12.0 Å². The van der Waals surface area contributed by atoms with Crippen molar-refractivity contribution in [3.05, 3.63) is 17.0 Å². The molecule has 0 spiro atoms. The van der Waals surface area contributed by atoms with E-state index in [1.165, 1.54) is 6.07 Å². The van der Waals surface area contributed by atoms with Crippen molar-refractivity contribution in [2.45, 2.75) is 25.8 Å². The number of carboxylic acids is 1. The maximum absolute atomic E-state index is 11.6. The normalized spacial score (nSPS) is 11.3. The second-order valence-corrected chi connectivity index (χ2v) is 4.45. The van der Waals surface area contributed by atoms with Gasteiger partial charge in [0.25, 0.3) is 0 Å². The van der Waals surface area contributed by atoms with Crippen molar-refractivity contribution in [2.75, 3.05) is 5.32 Å². The highest BCUT2D eigenvalue weighted by atomic mass is 32.1. The van der Waals surface area contributed by atoms with Crippen molar-refractivity contribution in [3.8, 4) is 6.07 Å². The first-order valence-corrected chi connectivity index (χ1v) is 6.21. The number of anilines is 1. The molecule has 0 aliphatic heterocycles. The van der Waals surface area contributed by atoms with E-state index in [1.807, 2.05) is 13.0 Å². The molecule has 3 N–H and O–H groups in total. The van der Waals surface area contributed by atoms with Crippen molar-refractivity contribution < 1.29 is 14.7 Å². The minimum absolute atomic E-state index is 0.0588. The van der Waals surface area contributed by atoms with Gasteiger partial charge in [0.1, 0.15) is 5.00 Å². The maximum Gasteiger partial charge on any atom is 0.338 e. The van der Waals surface area contributed by atoms with Crippen molar-refractivity contribution in [1.82, 2.24) is 5.32 Å². The van der Waals surface area contributed by atoms with Crippen molar-refractivity contribution in [2.24, 2.45) is 0 Å². The number of urea groups is 1. The first-order chi connectivity index (χ1) is 8.58. The van der Waals surface area contributed by atoms with Crippen LogP contribution in [0.1, 0.15) is 30.1 Å². The predicted octanol–water partition coefficient (Wildman–Crippen LogP) is 2.26. The average Bonchev–Trinajstić information content (AvgIpc) is 2.76. The van der Waals surface area contributed by atoms with Crippen LogP contribution in [-0.2, 0) is 0 Å². The highest BCUT2D eigenvalue weighted by molar-refractivity contribution is 7.14. The summed E-state index contributed by atoms with van der Waals surface area (Å²) in [6.07, 6.45) is 0.858. The van der Waals surface area contributed by atoms with E-state index in [2.05, 4.69) is 10.6 Å². The molecule has 96 valence electrons. The summed E-state index contributed by atoms with van der Waals surface area (Å²) in [5.74, 6) is -1.09. The standard InChI is InChI=1S/C11H13N3O3S/c1-2-7(3-5-12)13-11(17)14-9-8(10(15)16)4-6-18-9/h4,6-7H,2-3H2,1H3,(H,15,16)(H2,13,14,17). The molecule has 1 rings (SSSR count). The molecule has 1 unspecified atom stereocenters. The van der Waals surface area contributed by atoms with Crippen LogP contribution in [0.3, 0.4) is 0 Å². The summed E-state index contributed by atoms with van der Waals surface area (Å²) < 4.78 is 0. The molecule has 0 aliphatic rings. The Balaban J connectivity index is 2.62. The molecule has 1 heterocycles. The number of nitrogens with one attached hydrogen (secondary N) is 2. The van der Waals surface area contributed by atoms with E-state index in [0.29, 0.717) is 6.42 Å². The Morgan fingerprint density at radius 3 is 2.89 bits per heavy atom. The van der Waals surface area contributed by atoms with Crippen LogP contribution in [0, 0.1) is 11.3 Å². The monoisotopic (exact) mass is 267 g/mol. The molecule has 1 atom stereocenters. The zero-order valence-corrected chi connectivity index (χ0v) is 10.6. The fourth-order valence-electron chi connectivity index (χ4n) is 1.31. The lowest BCUT2D eigenvalue weighted by atomic mass is 10.2. The molecule has 6 nitrogen and oxygen atoms in total. The third-order valence-electron chi connectivity index (χ3n) is 2.29. The van der Waals surface area contributed by atoms with Crippen molar-refractivity contribution >= 4 is 28.3 Å². The predicted molar refractivity (Wildman–Crippen MR) is 67.7 cm³/mol. The lowest BCUT2D eigenvalue weighted by Crippen LogP contribution is -2.37. The summed E-state index contributed by atoms with van der Waals surface area (Å²) in [6, 6.07) is 2.67. The molecule has 18 heavy (non-hydrogen) atoms. The van der Waals surface area contributed by atoms with Crippen LogP contribution in [0.25, 0.3) is 0 Å². The first kappa shape index (κ1) is 14.0. The van der Waals surface area contributed by atoms with Gasteiger partial charge in [0, 0.05) is 6.04 Å². The van der Waals surface area contributed by atoms with E-state index in [1.54, 1.807) is 5.38 Å². The van der Waals surface area contributed by atoms with Crippen molar-refractivity contribution in [1.29, 1.82) is 5.26 Å². The highest BCUT2D eigenvalue weighted by Crippen LogP contribution is 2.22. The quantitative estimate of drug-likeness (QED) is 0.761. The van der Waals surface area contributed by atoms with Gasteiger partial charge in [0.2, 0.25) is 0 Å². The van der Waals surface area contributed by atoms with E-state index in [9.17, 15) is 9.59 Å². The van der Waals surface area contributed by atoms with Gasteiger partial charge < -0.3 is 10.4 Å². The topological polar surface area (TPSA) is 102 Å². The van der Waals surface area contributed by atoms with Gasteiger partial charge in [-0.15, -0.1) is 11.3 Å². The summed E-state index contributed by atoms with van der Waals surface area (Å²) in [5.41, 5.74) is 0.0588. The molecule has 2 amide bonds. The molecular weight excluding hydrogens is 254 g/mol. The number of thiophene rings is 1. The number of carbonyl (C=O) groups excluding carboxylic acids is 1. The first-order valence-electron chi connectivity index (χ1n) is 5.33. The number of amides is 2. The molecule has 0 fully saturated rings. The summed E-state index contributed by atoms with van der Waals surface area (Å²) in [4.78, 5) is 22.4. The summed E-state index contributed by atoms with van der Waals surface area (Å²) in [7, 11) is 0. The molecule has 0 aromatic carbocycles. The molecule has 0 radical (unpaired) electrons. The Kier molecular flexibility index (Phi) is 5.14. The van der Waals surface area contributed by atoms with Crippen LogP contribution in [0.4, 0.5) is 9.80 Å². The smallest absolute Gasteiger partial charge is 0.338 e. The van der Waals surface area contributed by atoms with E-state index in [-0.39, 0.29) is 23.0 Å². The number of nitriles is 1. The number of rotatable bonds is 5. The number of nitrogens with zero attached hydrogens (tertiary/aromatic N) is 1. The second kappa shape index (κ2) is 6.61. The summed E-state index contributed by atoms with van der Waals surface area (Å²) in [5, 5.41) is 24.4. The Bertz CT molecular complexity index is 478. The zero-order valence-electron chi connectivity index (χ0n) is 9.77. The van der Waals surface area contributed by atoms with E-state index >= 15 is 0 Å². The van der Waals surface area contributed by atoms with Gasteiger partial charge in [-0.25, -0.2) is 9.59 Å². The number of hydrogen-bond donors (Lipinski definition) is 3. The minimum atomic E-state index is -1.09. The highest BCUT2D eigenvalue weighted by Gasteiger charge is 2.15. The Morgan fingerprint density at radius 1 is 1.61 bits per heavy atom. The zero-order chi connectivity index (χ0) is 13.5. The van der Waals surface area contributed by atoms with Gasteiger partial charge in [0.15, 0.2) is 0 Å². The number of carboxylic acid groups (broad SMARTS) is 1. The van der Waals surface area contributed by atoms with Gasteiger partial charge in [-0.3, -0.25) is 5.32 Å². The molecular formula is C11H13N3O3S. The number of aromatic carboxylic acids is 1. The number of hydrogen-bond acceptors (Lipinski definition) is 4. The van der Waals surface area contributed by atoms with Gasteiger partial charge in [-0.1, -0.05) is 6.92 Å². The lowest BCUT2D eigenvalue weighted by molar-refractivity contribution is 0.0698. The molecule has 0 saturated carbocycles. The third kappa shape index (κ3) is 3.75.